The lowest BCUT2D eigenvalue weighted by molar-refractivity contribution is 0.601. The number of anilines is 1. The predicted octanol–water partition coefficient (Wildman–Crippen LogP) is 3.33. The summed E-state index contributed by atoms with van der Waals surface area (Å²) in [5.74, 6) is 0. The highest BCUT2D eigenvalue weighted by Crippen LogP contribution is 2.24. The minimum atomic E-state index is -3.69. The van der Waals surface area contributed by atoms with Crippen molar-refractivity contribution >= 4 is 27.3 Å². The van der Waals surface area contributed by atoms with Crippen LogP contribution in [0.25, 0.3) is 5.69 Å². The standard InChI is InChI=1S/C15H12ClN3O2S/c16-14-4-1-2-5-15(14)18-22(20,21)13-8-6-12(7-9-13)19-11-3-10-17-19/h1-11,18H. The number of halogens is 1. The first-order chi connectivity index (χ1) is 10.6. The lowest BCUT2D eigenvalue weighted by Gasteiger charge is -2.10. The fourth-order valence-electron chi connectivity index (χ4n) is 1.95. The second-order valence-electron chi connectivity index (χ2n) is 4.53. The van der Waals surface area contributed by atoms with Crippen molar-refractivity contribution in [1.82, 2.24) is 9.78 Å². The topological polar surface area (TPSA) is 64.0 Å². The van der Waals surface area contributed by atoms with Gasteiger partial charge in [-0.05, 0) is 42.5 Å². The van der Waals surface area contributed by atoms with Gasteiger partial charge in [0.25, 0.3) is 10.0 Å². The molecule has 1 N–H and O–H groups in total. The van der Waals surface area contributed by atoms with E-state index in [0.717, 1.165) is 5.69 Å². The molecule has 0 aliphatic heterocycles. The van der Waals surface area contributed by atoms with Crippen LogP contribution in [0.15, 0.2) is 71.9 Å². The van der Waals surface area contributed by atoms with Crippen LogP contribution < -0.4 is 4.72 Å². The van der Waals surface area contributed by atoms with Gasteiger partial charge in [-0.1, -0.05) is 23.7 Å². The molecule has 7 heteroatoms. The number of rotatable bonds is 4. The molecule has 0 bridgehead atoms. The van der Waals surface area contributed by atoms with Gasteiger partial charge in [0.05, 0.1) is 21.3 Å². The van der Waals surface area contributed by atoms with E-state index in [0.29, 0.717) is 10.7 Å². The third-order valence-electron chi connectivity index (χ3n) is 3.03. The Morgan fingerprint density at radius 2 is 1.73 bits per heavy atom. The number of aromatic nitrogens is 2. The summed E-state index contributed by atoms with van der Waals surface area (Å²) in [6.45, 7) is 0. The fraction of sp³-hybridized carbons (Fsp3) is 0. The molecule has 5 nitrogen and oxygen atoms in total. The van der Waals surface area contributed by atoms with Crippen LogP contribution in [0.1, 0.15) is 0 Å². The molecule has 0 amide bonds. The summed E-state index contributed by atoms with van der Waals surface area (Å²) in [6, 6.07) is 14.9. The summed E-state index contributed by atoms with van der Waals surface area (Å²) in [7, 11) is -3.69. The van der Waals surface area contributed by atoms with Gasteiger partial charge >= 0.3 is 0 Å². The van der Waals surface area contributed by atoms with Crippen molar-refractivity contribution in [3.05, 3.63) is 72.0 Å². The van der Waals surface area contributed by atoms with Crippen molar-refractivity contribution in [3.8, 4) is 5.69 Å². The first kappa shape index (κ1) is 14.6. The first-order valence-electron chi connectivity index (χ1n) is 6.44. The summed E-state index contributed by atoms with van der Waals surface area (Å²) >= 11 is 5.97. The smallest absolute Gasteiger partial charge is 0.261 e. The molecule has 112 valence electrons. The Morgan fingerprint density at radius 1 is 1.00 bits per heavy atom. The van der Waals surface area contributed by atoms with Crippen molar-refractivity contribution in [1.29, 1.82) is 0 Å². The maximum absolute atomic E-state index is 12.4. The second kappa shape index (κ2) is 5.82. The Hall–Kier alpha value is -2.31. The molecule has 2 aromatic carbocycles. The minimum absolute atomic E-state index is 0.156. The lowest BCUT2D eigenvalue weighted by atomic mass is 10.3. The Labute approximate surface area is 133 Å². The van der Waals surface area contributed by atoms with Gasteiger partial charge in [0.2, 0.25) is 0 Å². The van der Waals surface area contributed by atoms with E-state index in [9.17, 15) is 8.42 Å². The molecule has 3 aromatic rings. The molecular formula is C15H12ClN3O2S. The van der Waals surface area contributed by atoms with E-state index in [4.69, 9.17) is 11.6 Å². The van der Waals surface area contributed by atoms with Crippen molar-refractivity contribution < 1.29 is 8.42 Å². The molecule has 0 aliphatic carbocycles. The van der Waals surface area contributed by atoms with E-state index in [1.165, 1.54) is 12.1 Å². The quantitative estimate of drug-likeness (QED) is 0.796. The van der Waals surface area contributed by atoms with E-state index in [1.807, 2.05) is 0 Å². The van der Waals surface area contributed by atoms with Crippen molar-refractivity contribution in [3.63, 3.8) is 0 Å². The van der Waals surface area contributed by atoms with E-state index >= 15 is 0 Å². The molecule has 22 heavy (non-hydrogen) atoms. The summed E-state index contributed by atoms with van der Waals surface area (Å²) in [5.41, 5.74) is 1.13. The van der Waals surface area contributed by atoms with Crippen molar-refractivity contribution in [2.24, 2.45) is 0 Å². The van der Waals surface area contributed by atoms with Gasteiger partial charge in [0.1, 0.15) is 0 Å². The monoisotopic (exact) mass is 333 g/mol. The molecule has 0 aliphatic rings. The summed E-state index contributed by atoms with van der Waals surface area (Å²) in [4.78, 5) is 0.156. The molecular weight excluding hydrogens is 322 g/mol. The zero-order valence-corrected chi connectivity index (χ0v) is 12.9. The van der Waals surface area contributed by atoms with Crippen LogP contribution >= 0.6 is 11.6 Å². The summed E-state index contributed by atoms with van der Waals surface area (Å²) in [6.07, 6.45) is 3.44. The zero-order chi connectivity index (χ0) is 15.6. The van der Waals surface area contributed by atoms with Crippen molar-refractivity contribution in [2.45, 2.75) is 4.90 Å². The highest BCUT2D eigenvalue weighted by molar-refractivity contribution is 7.92. The van der Waals surface area contributed by atoms with E-state index < -0.39 is 10.0 Å². The number of nitrogens with one attached hydrogen (secondary N) is 1. The van der Waals surface area contributed by atoms with Crippen LogP contribution in [0.4, 0.5) is 5.69 Å². The average molecular weight is 334 g/mol. The van der Waals surface area contributed by atoms with E-state index in [2.05, 4.69) is 9.82 Å². The van der Waals surface area contributed by atoms with Crippen LogP contribution in [0.5, 0.6) is 0 Å². The first-order valence-corrected chi connectivity index (χ1v) is 8.30. The van der Waals surface area contributed by atoms with E-state index in [-0.39, 0.29) is 4.90 Å². The SMILES string of the molecule is O=S(=O)(Nc1ccccc1Cl)c1ccc(-n2cccn2)cc1. The van der Waals surface area contributed by atoms with Crippen LogP contribution in [0.3, 0.4) is 0 Å². The van der Waals surface area contributed by atoms with Gasteiger partial charge in [-0.25, -0.2) is 13.1 Å². The zero-order valence-electron chi connectivity index (χ0n) is 11.3. The lowest BCUT2D eigenvalue weighted by Crippen LogP contribution is -2.13. The Morgan fingerprint density at radius 3 is 2.36 bits per heavy atom. The van der Waals surface area contributed by atoms with Crippen LogP contribution in [-0.2, 0) is 10.0 Å². The van der Waals surface area contributed by atoms with Crippen LogP contribution in [0.2, 0.25) is 5.02 Å². The number of sulfonamides is 1. The molecule has 0 saturated heterocycles. The van der Waals surface area contributed by atoms with Crippen molar-refractivity contribution in [2.75, 3.05) is 4.72 Å². The average Bonchev–Trinajstić information content (AvgIpc) is 3.04. The van der Waals surface area contributed by atoms with Gasteiger partial charge in [-0.15, -0.1) is 0 Å². The highest BCUT2D eigenvalue weighted by Gasteiger charge is 2.15. The Balaban J connectivity index is 1.88. The molecule has 1 aromatic heterocycles. The molecule has 0 unspecified atom stereocenters. The van der Waals surface area contributed by atoms with Gasteiger partial charge in [0.15, 0.2) is 0 Å². The molecule has 3 rings (SSSR count). The third kappa shape index (κ3) is 2.98. The predicted molar refractivity (Wildman–Crippen MR) is 85.8 cm³/mol. The fourth-order valence-corrected chi connectivity index (χ4v) is 3.27. The van der Waals surface area contributed by atoms with Crippen LogP contribution in [0, 0.1) is 0 Å². The molecule has 0 radical (unpaired) electrons. The van der Waals surface area contributed by atoms with Gasteiger partial charge in [-0.2, -0.15) is 5.10 Å². The summed E-state index contributed by atoms with van der Waals surface area (Å²) in [5, 5.41) is 4.44. The van der Waals surface area contributed by atoms with Crippen LogP contribution in [-0.4, -0.2) is 18.2 Å². The number of hydrogen-bond acceptors (Lipinski definition) is 3. The van der Waals surface area contributed by atoms with Gasteiger partial charge < -0.3 is 0 Å². The second-order valence-corrected chi connectivity index (χ2v) is 6.62. The van der Waals surface area contributed by atoms with Gasteiger partial charge in [-0.3, -0.25) is 4.72 Å². The largest absolute Gasteiger partial charge is 0.278 e. The number of para-hydroxylation sites is 1. The minimum Gasteiger partial charge on any atom is -0.278 e. The Bertz CT molecular complexity index is 875. The molecule has 0 atom stereocenters. The number of hydrogen-bond donors (Lipinski definition) is 1. The van der Waals surface area contributed by atoms with Gasteiger partial charge in [0, 0.05) is 12.4 Å². The molecule has 0 saturated carbocycles. The molecule has 1 heterocycles. The highest BCUT2D eigenvalue weighted by atomic mass is 35.5. The molecule has 0 fully saturated rings. The normalized spacial score (nSPS) is 11.3. The summed E-state index contributed by atoms with van der Waals surface area (Å²) < 4.78 is 28.8. The number of benzene rings is 2. The Kier molecular flexibility index (Phi) is 3.87. The number of nitrogens with zero attached hydrogens (tertiary/aromatic N) is 2. The third-order valence-corrected chi connectivity index (χ3v) is 4.75. The maximum Gasteiger partial charge on any atom is 0.261 e. The van der Waals surface area contributed by atoms with E-state index in [1.54, 1.807) is 59.5 Å². The molecule has 0 spiro atoms. The maximum atomic E-state index is 12.4.